The normalized spacial score (nSPS) is 10.8. The van der Waals surface area contributed by atoms with Gasteiger partial charge in [-0.1, -0.05) is 53.6 Å². The molecule has 0 saturated carbocycles. The van der Waals surface area contributed by atoms with E-state index in [0.717, 1.165) is 32.9 Å². The fraction of sp³-hybridized carbons (Fsp3) is 0.111. The standard InChI is InChI=1S/C18H16ClNO/c1-12-6-8-17(13(10-12)11-20)21-18-9-7-16(19)14-4-2-3-5-15(14)18/h2-10H,11,20H2,1H3. The molecular weight excluding hydrogens is 282 g/mol. The van der Waals surface area contributed by atoms with Gasteiger partial charge in [0.25, 0.3) is 0 Å². The minimum Gasteiger partial charge on any atom is -0.456 e. The third-order valence-corrected chi connectivity index (χ3v) is 3.82. The van der Waals surface area contributed by atoms with Crippen LogP contribution in [0.15, 0.2) is 54.6 Å². The van der Waals surface area contributed by atoms with E-state index in [1.165, 1.54) is 5.56 Å². The SMILES string of the molecule is Cc1ccc(Oc2ccc(Cl)c3ccccc23)c(CN)c1. The topological polar surface area (TPSA) is 35.2 Å². The van der Waals surface area contributed by atoms with E-state index < -0.39 is 0 Å². The van der Waals surface area contributed by atoms with Crippen molar-refractivity contribution in [2.75, 3.05) is 0 Å². The number of hydrogen-bond acceptors (Lipinski definition) is 2. The summed E-state index contributed by atoms with van der Waals surface area (Å²) < 4.78 is 6.09. The van der Waals surface area contributed by atoms with Gasteiger partial charge in [-0.15, -0.1) is 0 Å². The smallest absolute Gasteiger partial charge is 0.135 e. The Labute approximate surface area is 129 Å². The highest BCUT2D eigenvalue weighted by molar-refractivity contribution is 6.35. The maximum absolute atomic E-state index is 6.24. The van der Waals surface area contributed by atoms with Gasteiger partial charge in [-0.05, 0) is 25.1 Å². The van der Waals surface area contributed by atoms with Crippen molar-refractivity contribution in [3.8, 4) is 11.5 Å². The van der Waals surface area contributed by atoms with Crippen molar-refractivity contribution in [2.24, 2.45) is 5.73 Å². The van der Waals surface area contributed by atoms with Crippen LogP contribution in [0, 0.1) is 6.92 Å². The van der Waals surface area contributed by atoms with Gasteiger partial charge in [0.15, 0.2) is 0 Å². The largest absolute Gasteiger partial charge is 0.456 e. The maximum Gasteiger partial charge on any atom is 0.135 e. The zero-order valence-electron chi connectivity index (χ0n) is 11.8. The summed E-state index contributed by atoms with van der Waals surface area (Å²) in [6.45, 7) is 2.49. The van der Waals surface area contributed by atoms with E-state index >= 15 is 0 Å². The molecule has 0 aliphatic carbocycles. The van der Waals surface area contributed by atoms with Crippen molar-refractivity contribution in [3.05, 3.63) is 70.7 Å². The molecule has 0 saturated heterocycles. The van der Waals surface area contributed by atoms with E-state index in [2.05, 4.69) is 0 Å². The predicted molar refractivity (Wildman–Crippen MR) is 88.1 cm³/mol. The van der Waals surface area contributed by atoms with Crippen molar-refractivity contribution in [3.63, 3.8) is 0 Å². The second kappa shape index (κ2) is 5.76. The third-order valence-electron chi connectivity index (χ3n) is 3.49. The van der Waals surface area contributed by atoms with Crippen LogP contribution in [0.1, 0.15) is 11.1 Å². The summed E-state index contributed by atoms with van der Waals surface area (Å²) >= 11 is 6.24. The molecular formula is C18H16ClNO. The first-order valence-corrected chi connectivity index (χ1v) is 7.21. The Bertz CT molecular complexity index is 798. The number of hydrogen-bond donors (Lipinski definition) is 1. The molecule has 0 heterocycles. The molecule has 0 atom stereocenters. The summed E-state index contributed by atoms with van der Waals surface area (Å²) in [7, 11) is 0. The highest BCUT2D eigenvalue weighted by atomic mass is 35.5. The maximum atomic E-state index is 6.24. The van der Waals surface area contributed by atoms with Gasteiger partial charge in [-0.3, -0.25) is 0 Å². The average Bonchev–Trinajstić information content (AvgIpc) is 2.52. The second-order valence-corrected chi connectivity index (χ2v) is 5.42. The van der Waals surface area contributed by atoms with E-state index in [-0.39, 0.29) is 0 Å². The minimum atomic E-state index is 0.447. The van der Waals surface area contributed by atoms with Crippen LogP contribution in [0.5, 0.6) is 11.5 Å². The van der Waals surface area contributed by atoms with E-state index in [9.17, 15) is 0 Å². The molecule has 0 spiro atoms. The zero-order valence-corrected chi connectivity index (χ0v) is 12.5. The molecule has 0 aromatic heterocycles. The fourth-order valence-electron chi connectivity index (χ4n) is 2.41. The van der Waals surface area contributed by atoms with Gasteiger partial charge in [0, 0.05) is 27.9 Å². The number of ether oxygens (including phenoxy) is 1. The molecule has 0 radical (unpaired) electrons. The molecule has 3 aromatic carbocycles. The number of rotatable bonds is 3. The van der Waals surface area contributed by atoms with Crippen LogP contribution in [0.25, 0.3) is 10.8 Å². The molecule has 106 valence electrons. The van der Waals surface area contributed by atoms with Crippen LogP contribution in [0.2, 0.25) is 5.02 Å². The van der Waals surface area contributed by atoms with Crippen molar-refractivity contribution in [2.45, 2.75) is 13.5 Å². The van der Waals surface area contributed by atoms with Gasteiger partial charge in [0.2, 0.25) is 0 Å². The fourth-order valence-corrected chi connectivity index (χ4v) is 2.64. The molecule has 0 unspecified atom stereocenters. The Hall–Kier alpha value is -2.03. The van der Waals surface area contributed by atoms with Crippen LogP contribution in [-0.2, 0) is 6.54 Å². The van der Waals surface area contributed by atoms with Crippen molar-refractivity contribution in [1.29, 1.82) is 0 Å². The minimum absolute atomic E-state index is 0.447. The lowest BCUT2D eigenvalue weighted by Crippen LogP contribution is -2.00. The highest BCUT2D eigenvalue weighted by Crippen LogP contribution is 2.35. The molecule has 3 heteroatoms. The summed E-state index contributed by atoms with van der Waals surface area (Å²) in [5, 5.41) is 2.70. The Morgan fingerprint density at radius 1 is 0.952 bits per heavy atom. The lowest BCUT2D eigenvalue weighted by molar-refractivity contribution is 0.482. The van der Waals surface area contributed by atoms with Crippen molar-refractivity contribution >= 4 is 22.4 Å². The zero-order chi connectivity index (χ0) is 14.8. The summed E-state index contributed by atoms with van der Waals surface area (Å²) in [4.78, 5) is 0. The van der Waals surface area contributed by atoms with Gasteiger partial charge in [-0.25, -0.2) is 0 Å². The van der Waals surface area contributed by atoms with Crippen LogP contribution in [0.3, 0.4) is 0 Å². The molecule has 3 rings (SSSR count). The highest BCUT2D eigenvalue weighted by Gasteiger charge is 2.09. The summed E-state index contributed by atoms with van der Waals surface area (Å²) in [6, 6.07) is 17.7. The Morgan fingerprint density at radius 3 is 2.43 bits per heavy atom. The van der Waals surface area contributed by atoms with E-state index in [1.54, 1.807) is 0 Å². The molecule has 2 N–H and O–H groups in total. The molecule has 0 fully saturated rings. The van der Waals surface area contributed by atoms with Crippen molar-refractivity contribution in [1.82, 2.24) is 0 Å². The molecule has 21 heavy (non-hydrogen) atoms. The third kappa shape index (κ3) is 2.73. The lowest BCUT2D eigenvalue weighted by atomic mass is 10.1. The van der Waals surface area contributed by atoms with Gasteiger partial charge in [0.05, 0.1) is 0 Å². The first-order chi connectivity index (χ1) is 10.2. The molecule has 0 bridgehead atoms. The quantitative estimate of drug-likeness (QED) is 0.734. The van der Waals surface area contributed by atoms with Crippen LogP contribution >= 0.6 is 11.6 Å². The first kappa shape index (κ1) is 13.9. The molecule has 0 aliphatic heterocycles. The van der Waals surface area contributed by atoms with E-state index in [1.807, 2.05) is 61.5 Å². The number of nitrogens with two attached hydrogens (primary N) is 1. The van der Waals surface area contributed by atoms with Gasteiger partial charge in [0.1, 0.15) is 11.5 Å². The number of aryl methyl sites for hydroxylation is 1. The van der Waals surface area contributed by atoms with Crippen LogP contribution in [-0.4, -0.2) is 0 Å². The van der Waals surface area contributed by atoms with Crippen LogP contribution < -0.4 is 10.5 Å². The first-order valence-electron chi connectivity index (χ1n) is 6.84. The van der Waals surface area contributed by atoms with Gasteiger partial charge in [-0.2, -0.15) is 0 Å². The molecule has 2 nitrogen and oxygen atoms in total. The van der Waals surface area contributed by atoms with E-state index in [4.69, 9.17) is 22.1 Å². The van der Waals surface area contributed by atoms with Gasteiger partial charge >= 0.3 is 0 Å². The molecule has 0 amide bonds. The van der Waals surface area contributed by atoms with Crippen molar-refractivity contribution < 1.29 is 4.74 Å². The second-order valence-electron chi connectivity index (χ2n) is 5.01. The lowest BCUT2D eigenvalue weighted by Gasteiger charge is -2.13. The summed E-state index contributed by atoms with van der Waals surface area (Å²) in [5.74, 6) is 1.57. The Balaban J connectivity index is 2.09. The average molecular weight is 298 g/mol. The van der Waals surface area contributed by atoms with Gasteiger partial charge < -0.3 is 10.5 Å². The van der Waals surface area contributed by atoms with Crippen LogP contribution in [0.4, 0.5) is 0 Å². The van der Waals surface area contributed by atoms with E-state index in [0.29, 0.717) is 6.54 Å². The number of halogens is 1. The summed E-state index contributed by atoms with van der Waals surface area (Å²) in [5.41, 5.74) is 7.97. The molecule has 0 aliphatic rings. The Morgan fingerprint density at radius 2 is 1.67 bits per heavy atom. The Kier molecular flexibility index (Phi) is 3.82. The monoisotopic (exact) mass is 297 g/mol. The number of fused-ring (bicyclic) bond motifs is 1. The number of benzene rings is 3. The molecule has 3 aromatic rings. The summed E-state index contributed by atoms with van der Waals surface area (Å²) in [6.07, 6.45) is 0. The predicted octanol–water partition coefficient (Wildman–Crippen LogP) is 5.05.